The molecule has 0 saturated heterocycles. The van der Waals surface area contributed by atoms with Crippen LogP contribution in [-0.4, -0.2) is 14.8 Å². The van der Waals surface area contributed by atoms with Crippen LogP contribution in [0, 0.1) is 27.2 Å². The molecule has 8 nitrogen and oxygen atoms in total. The summed E-state index contributed by atoms with van der Waals surface area (Å²) in [5, 5.41) is 24.4. The number of rotatable bonds is 4. The summed E-state index contributed by atoms with van der Waals surface area (Å²) in [6.07, 6.45) is 1.56. The average molecular weight is 274 g/mol. The first kappa shape index (κ1) is 13.4. The van der Waals surface area contributed by atoms with E-state index in [1.165, 1.54) is 12.1 Å². The molecule has 0 atom stereocenters. The van der Waals surface area contributed by atoms with E-state index in [1.54, 1.807) is 18.3 Å². The van der Waals surface area contributed by atoms with Gasteiger partial charge in [0.1, 0.15) is 11.5 Å². The van der Waals surface area contributed by atoms with Crippen LogP contribution in [0.2, 0.25) is 0 Å². The fourth-order valence-electron chi connectivity index (χ4n) is 1.63. The number of nitrogens with zero attached hydrogens (tertiary/aromatic N) is 3. The second-order valence-electron chi connectivity index (χ2n) is 4.06. The van der Waals surface area contributed by atoms with Crippen LogP contribution in [0.3, 0.4) is 0 Å². The third-order valence-corrected chi connectivity index (χ3v) is 2.57. The van der Waals surface area contributed by atoms with Gasteiger partial charge in [-0.2, -0.15) is 0 Å². The number of nitro groups is 2. The number of aromatic nitrogens is 1. The maximum atomic E-state index is 11.0. The fraction of sp³-hybridized carbons (Fsp3) is 0.0833. The van der Waals surface area contributed by atoms with Gasteiger partial charge in [-0.15, -0.1) is 0 Å². The van der Waals surface area contributed by atoms with Crippen molar-refractivity contribution in [2.24, 2.45) is 0 Å². The van der Waals surface area contributed by atoms with Crippen LogP contribution in [0.4, 0.5) is 22.9 Å². The Balaban J connectivity index is 2.41. The molecule has 0 radical (unpaired) electrons. The van der Waals surface area contributed by atoms with Crippen molar-refractivity contribution in [2.75, 3.05) is 5.32 Å². The third kappa shape index (κ3) is 2.86. The van der Waals surface area contributed by atoms with Gasteiger partial charge in [-0.05, 0) is 30.7 Å². The molecule has 0 amide bonds. The van der Waals surface area contributed by atoms with E-state index in [0.29, 0.717) is 5.82 Å². The highest BCUT2D eigenvalue weighted by molar-refractivity contribution is 5.70. The standard InChI is InChI=1S/C12H10N4O4/c1-8-4-5-13-12(6-8)14-10-3-2-9(15(17)18)7-11(10)16(19)20/h2-7H,1H3,(H,13,14). The number of nitrogens with one attached hydrogen (secondary N) is 1. The Kier molecular flexibility index (Phi) is 3.56. The van der Waals surface area contributed by atoms with Gasteiger partial charge >= 0.3 is 0 Å². The molecule has 1 N–H and O–H groups in total. The number of aryl methyl sites for hydroxylation is 1. The number of benzene rings is 1. The molecule has 0 aliphatic heterocycles. The van der Waals surface area contributed by atoms with Crippen LogP contribution in [-0.2, 0) is 0 Å². The lowest BCUT2D eigenvalue weighted by Crippen LogP contribution is -2.00. The number of nitro benzene ring substituents is 2. The average Bonchev–Trinajstić information content (AvgIpc) is 2.38. The topological polar surface area (TPSA) is 111 Å². The molecule has 0 fully saturated rings. The van der Waals surface area contributed by atoms with Crippen LogP contribution >= 0.6 is 0 Å². The summed E-state index contributed by atoms with van der Waals surface area (Å²) in [7, 11) is 0. The summed E-state index contributed by atoms with van der Waals surface area (Å²) >= 11 is 0. The van der Waals surface area contributed by atoms with Crippen LogP contribution < -0.4 is 5.32 Å². The van der Waals surface area contributed by atoms with Crippen LogP contribution in [0.25, 0.3) is 0 Å². The summed E-state index contributed by atoms with van der Waals surface area (Å²) < 4.78 is 0. The summed E-state index contributed by atoms with van der Waals surface area (Å²) in [5.74, 6) is 0.432. The number of pyridine rings is 1. The van der Waals surface area contributed by atoms with Gasteiger partial charge in [0.2, 0.25) is 0 Å². The molecule has 8 heteroatoms. The molecular weight excluding hydrogens is 264 g/mol. The lowest BCUT2D eigenvalue weighted by molar-refractivity contribution is -0.393. The van der Waals surface area contributed by atoms with E-state index in [0.717, 1.165) is 11.6 Å². The maximum absolute atomic E-state index is 11.0. The summed E-state index contributed by atoms with van der Waals surface area (Å²) in [4.78, 5) is 24.3. The van der Waals surface area contributed by atoms with Gasteiger partial charge in [0.15, 0.2) is 0 Å². The summed E-state index contributed by atoms with van der Waals surface area (Å²) in [6, 6.07) is 6.91. The quantitative estimate of drug-likeness (QED) is 0.677. The van der Waals surface area contributed by atoms with Crippen LogP contribution in [0.15, 0.2) is 36.5 Å². The van der Waals surface area contributed by atoms with Crippen molar-refractivity contribution in [1.82, 2.24) is 4.98 Å². The zero-order valence-electron chi connectivity index (χ0n) is 10.4. The minimum atomic E-state index is -0.679. The van der Waals surface area contributed by atoms with Crippen molar-refractivity contribution in [3.05, 3.63) is 62.3 Å². The van der Waals surface area contributed by atoms with E-state index in [-0.39, 0.29) is 17.1 Å². The molecule has 1 heterocycles. The van der Waals surface area contributed by atoms with E-state index in [1.807, 2.05) is 6.92 Å². The molecular formula is C12H10N4O4. The number of hydrogen-bond donors (Lipinski definition) is 1. The Labute approximate surface area is 113 Å². The van der Waals surface area contributed by atoms with E-state index in [9.17, 15) is 20.2 Å². The van der Waals surface area contributed by atoms with Crippen molar-refractivity contribution in [3.63, 3.8) is 0 Å². The Morgan fingerprint density at radius 1 is 1.10 bits per heavy atom. The summed E-state index contributed by atoms with van der Waals surface area (Å²) in [6.45, 7) is 1.86. The molecule has 1 aromatic carbocycles. The first-order valence-electron chi connectivity index (χ1n) is 5.60. The Morgan fingerprint density at radius 3 is 2.45 bits per heavy atom. The van der Waals surface area contributed by atoms with Crippen LogP contribution in [0.1, 0.15) is 5.56 Å². The van der Waals surface area contributed by atoms with Gasteiger partial charge in [0.05, 0.1) is 15.9 Å². The molecule has 0 bridgehead atoms. The van der Waals surface area contributed by atoms with Crippen molar-refractivity contribution in [2.45, 2.75) is 6.92 Å². The molecule has 20 heavy (non-hydrogen) atoms. The molecule has 102 valence electrons. The first-order valence-corrected chi connectivity index (χ1v) is 5.60. The van der Waals surface area contributed by atoms with Crippen molar-refractivity contribution in [1.29, 1.82) is 0 Å². The molecule has 0 unspecified atom stereocenters. The highest BCUT2D eigenvalue weighted by Gasteiger charge is 2.19. The van der Waals surface area contributed by atoms with Gasteiger partial charge in [0.25, 0.3) is 11.4 Å². The zero-order chi connectivity index (χ0) is 14.7. The normalized spacial score (nSPS) is 10.1. The third-order valence-electron chi connectivity index (χ3n) is 2.57. The van der Waals surface area contributed by atoms with Gasteiger partial charge in [-0.1, -0.05) is 0 Å². The van der Waals surface area contributed by atoms with E-state index >= 15 is 0 Å². The van der Waals surface area contributed by atoms with E-state index in [2.05, 4.69) is 10.3 Å². The molecule has 2 aromatic rings. The Bertz CT molecular complexity index is 687. The Hall–Kier alpha value is -3.03. The van der Waals surface area contributed by atoms with Gasteiger partial charge in [-0.25, -0.2) is 4.98 Å². The van der Waals surface area contributed by atoms with Crippen molar-refractivity contribution >= 4 is 22.9 Å². The molecule has 2 rings (SSSR count). The SMILES string of the molecule is Cc1ccnc(Nc2ccc([N+](=O)[O-])cc2[N+](=O)[O-])c1. The minimum Gasteiger partial charge on any atom is -0.335 e. The van der Waals surface area contributed by atoms with Gasteiger partial charge in [-0.3, -0.25) is 20.2 Å². The predicted molar refractivity (Wildman–Crippen MR) is 72.0 cm³/mol. The van der Waals surface area contributed by atoms with Crippen LogP contribution in [0.5, 0.6) is 0 Å². The highest BCUT2D eigenvalue weighted by atomic mass is 16.6. The minimum absolute atomic E-state index is 0.152. The largest absolute Gasteiger partial charge is 0.335 e. The molecule has 0 saturated carbocycles. The molecule has 0 spiro atoms. The highest BCUT2D eigenvalue weighted by Crippen LogP contribution is 2.30. The molecule has 1 aromatic heterocycles. The molecule has 0 aliphatic rings. The monoisotopic (exact) mass is 274 g/mol. The van der Waals surface area contributed by atoms with Gasteiger partial charge in [0, 0.05) is 12.3 Å². The lowest BCUT2D eigenvalue weighted by atomic mass is 10.2. The van der Waals surface area contributed by atoms with Gasteiger partial charge < -0.3 is 5.32 Å². The second-order valence-corrected chi connectivity index (χ2v) is 4.06. The van der Waals surface area contributed by atoms with E-state index in [4.69, 9.17) is 0 Å². The lowest BCUT2D eigenvalue weighted by Gasteiger charge is -2.06. The zero-order valence-corrected chi connectivity index (χ0v) is 10.4. The molecule has 0 aliphatic carbocycles. The van der Waals surface area contributed by atoms with Crippen molar-refractivity contribution < 1.29 is 9.85 Å². The smallest absolute Gasteiger partial charge is 0.299 e. The van der Waals surface area contributed by atoms with E-state index < -0.39 is 9.85 Å². The second kappa shape index (κ2) is 5.31. The summed E-state index contributed by atoms with van der Waals surface area (Å²) in [5.41, 5.74) is 0.382. The first-order chi connectivity index (χ1) is 9.47. The number of non-ortho nitro benzene ring substituents is 1. The Morgan fingerprint density at radius 2 is 1.85 bits per heavy atom. The maximum Gasteiger partial charge on any atom is 0.299 e. The predicted octanol–water partition coefficient (Wildman–Crippen LogP) is 2.95. The fourth-order valence-corrected chi connectivity index (χ4v) is 1.63. The number of hydrogen-bond acceptors (Lipinski definition) is 6. The van der Waals surface area contributed by atoms with Crippen molar-refractivity contribution in [3.8, 4) is 0 Å². The number of anilines is 2.